The van der Waals surface area contributed by atoms with Crippen molar-refractivity contribution in [3.8, 4) is 17.0 Å². The van der Waals surface area contributed by atoms with Crippen LogP contribution in [0.15, 0.2) is 48.7 Å². The highest BCUT2D eigenvalue weighted by atomic mass is 16.7. The highest BCUT2D eigenvalue weighted by Gasteiger charge is 2.02. The fourth-order valence-corrected chi connectivity index (χ4v) is 1.32. The van der Waals surface area contributed by atoms with E-state index in [0.29, 0.717) is 0 Å². The third-order valence-electron chi connectivity index (χ3n) is 2.01. The number of ether oxygens (including phenoxy) is 1. The number of hydrogen-bond acceptors (Lipinski definition) is 3. The van der Waals surface area contributed by atoms with Crippen LogP contribution in [0.3, 0.4) is 0 Å². The second-order valence-electron chi connectivity index (χ2n) is 3.11. The monoisotopic (exact) mass is 215 g/mol. The largest absolute Gasteiger partial charge is 0.511 e. The molecule has 2 rings (SSSR count). The molecule has 0 unspecified atom stereocenters. The van der Waals surface area contributed by atoms with Gasteiger partial charge in [-0.15, -0.1) is 0 Å². The van der Waals surface area contributed by atoms with E-state index in [1.54, 1.807) is 12.1 Å². The van der Waals surface area contributed by atoms with E-state index < -0.39 is 6.16 Å². The Balaban J connectivity index is 2.23. The van der Waals surface area contributed by atoms with Gasteiger partial charge in [-0.25, -0.2) is 4.79 Å². The van der Waals surface area contributed by atoms with Crippen LogP contribution in [0.1, 0.15) is 0 Å². The molecule has 0 saturated carbocycles. The second-order valence-corrected chi connectivity index (χ2v) is 3.11. The van der Waals surface area contributed by atoms with Crippen molar-refractivity contribution in [2.75, 3.05) is 0 Å². The summed E-state index contributed by atoms with van der Waals surface area (Å²) in [5, 5.41) is 8.40. The first-order valence-electron chi connectivity index (χ1n) is 4.68. The standard InChI is InChI=1S/C12H9NO3/c14-12(15)16-10-6-7-11(13-8-10)9-4-2-1-3-5-9/h1-8H,(H,14,15). The van der Waals surface area contributed by atoms with Crippen molar-refractivity contribution < 1.29 is 14.6 Å². The van der Waals surface area contributed by atoms with Gasteiger partial charge in [0, 0.05) is 5.56 Å². The van der Waals surface area contributed by atoms with Gasteiger partial charge in [-0.05, 0) is 12.1 Å². The normalized spacial score (nSPS) is 9.75. The SMILES string of the molecule is O=C(O)Oc1ccc(-c2ccccc2)nc1. The Morgan fingerprint density at radius 2 is 1.88 bits per heavy atom. The summed E-state index contributed by atoms with van der Waals surface area (Å²) in [6, 6.07) is 12.9. The van der Waals surface area contributed by atoms with E-state index in [4.69, 9.17) is 5.11 Å². The molecule has 0 bridgehead atoms. The Labute approximate surface area is 92.1 Å². The maximum atomic E-state index is 10.3. The third kappa shape index (κ3) is 2.36. The Bertz CT molecular complexity index is 479. The Kier molecular flexibility index (Phi) is 2.82. The number of benzene rings is 1. The topological polar surface area (TPSA) is 59.4 Å². The highest BCUT2D eigenvalue weighted by Crippen LogP contribution is 2.18. The summed E-state index contributed by atoms with van der Waals surface area (Å²) in [7, 11) is 0. The first kappa shape index (κ1) is 10.2. The van der Waals surface area contributed by atoms with Gasteiger partial charge in [0.1, 0.15) is 0 Å². The quantitative estimate of drug-likeness (QED) is 0.782. The maximum Gasteiger partial charge on any atom is 0.511 e. The van der Waals surface area contributed by atoms with E-state index >= 15 is 0 Å². The molecule has 80 valence electrons. The average Bonchev–Trinajstić information content (AvgIpc) is 2.30. The highest BCUT2D eigenvalue weighted by molar-refractivity contribution is 5.62. The van der Waals surface area contributed by atoms with Crippen LogP contribution in [0.5, 0.6) is 5.75 Å². The van der Waals surface area contributed by atoms with Crippen LogP contribution in [0, 0.1) is 0 Å². The molecule has 4 nitrogen and oxygen atoms in total. The van der Waals surface area contributed by atoms with Crippen LogP contribution in [0.25, 0.3) is 11.3 Å². The first-order chi connectivity index (χ1) is 7.75. The van der Waals surface area contributed by atoms with Crippen molar-refractivity contribution in [1.82, 2.24) is 4.98 Å². The van der Waals surface area contributed by atoms with Gasteiger partial charge < -0.3 is 9.84 Å². The molecule has 0 aliphatic heterocycles. The summed E-state index contributed by atoms with van der Waals surface area (Å²) in [6.45, 7) is 0. The van der Waals surface area contributed by atoms with Gasteiger partial charge in [0.25, 0.3) is 0 Å². The van der Waals surface area contributed by atoms with Gasteiger partial charge in [-0.3, -0.25) is 4.98 Å². The molecule has 0 amide bonds. The molecule has 16 heavy (non-hydrogen) atoms. The van der Waals surface area contributed by atoms with E-state index in [-0.39, 0.29) is 5.75 Å². The van der Waals surface area contributed by atoms with Crippen LogP contribution >= 0.6 is 0 Å². The number of carbonyl (C=O) groups is 1. The summed E-state index contributed by atoms with van der Waals surface area (Å²) >= 11 is 0. The van der Waals surface area contributed by atoms with E-state index in [1.165, 1.54) is 6.20 Å². The first-order valence-corrected chi connectivity index (χ1v) is 4.68. The number of nitrogens with zero attached hydrogens (tertiary/aromatic N) is 1. The summed E-state index contributed by atoms with van der Waals surface area (Å²) in [5.41, 5.74) is 1.75. The molecule has 0 aliphatic rings. The zero-order valence-electron chi connectivity index (χ0n) is 8.33. The zero-order chi connectivity index (χ0) is 11.4. The average molecular weight is 215 g/mol. The van der Waals surface area contributed by atoms with Crippen LogP contribution in [-0.2, 0) is 0 Å². The lowest BCUT2D eigenvalue weighted by atomic mass is 10.1. The number of carboxylic acid groups (broad SMARTS) is 1. The van der Waals surface area contributed by atoms with Crippen molar-refractivity contribution in [3.05, 3.63) is 48.7 Å². The smallest absolute Gasteiger partial charge is 0.449 e. The van der Waals surface area contributed by atoms with Gasteiger partial charge in [0.15, 0.2) is 5.75 Å². The molecular formula is C12H9NO3. The van der Waals surface area contributed by atoms with E-state index in [2.05, 4.69) is 9.72 Å². The Morgan fingerprint density at radius 3 is 2.44 bits per heavy atom. The molecule has 1 heterocycles. The maximum absolute atomic E-state index is 10.3. The zero-order valence-corrected chi connectivity index (χ0v) is 8.33. The van der Waals surface area contributed by atoms with Crippen molar-refractivity contribution in [3.63, 3.8) is 0 Å². The number of pyridine rings is 1. The molecule has 1 N–H and O–H groups in total. The minimum atomic E-state index is -1.34. The van der Waals surface area contributed by atoms with Gasteiger partial charge >= 0.3 is 6.16 Å². The van der Waals surface area contributed by atoms with E-state index in [0.717, 1.165) is 11.3 Å². The summed E-state index contributed by atoms with van der Waals surface area (Å²) in [4.78, 5) is 14.4. The molecule has 0 spiro atoms. The summed E-state index contributed by atoms with van der Waals surface area (Å²) < 4.78 is 4.46. The minimum absolute atomic E-state index is 0.215. The predicted molar refractivity (Wildman–Crippen MR) is 58.3 cm³/mol. The lowest BCUT2D eigenvalue weighted by molar-refractivity contribution is 0.144. The van der Waals surface area contributed by atoms with Crippen molar-refractivity contribution >= 4 is 6.16 Å². The van der Waals surface area contributed by atoms with Gasteiger partial charge in [0.2, 0.25) is 0 Å². The molecule has 0 saturated heterocycles. The molecule has 2 aromatic rings. The van der Waals surface area contributed by atoms with Gasteiger partial charge in [-0.1, -0.05) is 30.3 Å². The number of aromatic nitrogens is 1. The minimum Gasteiger partial charge on any atom is -0.449 e. The van der Waals surface area contributed by atoms with E-state index in [9.17, 15) is 4.79 Å². The predicted octanol–water partition coefficient (Wildman–Crippen LogP) is 2.81. The molecule has 1 aromatic carbocycles. The number of rotatable bonds is 2. The fourth-order valence-electron chi connectivity index (χ4n) is 1.32. The summed E-state index contributed by atoms with van der Waals surface area (Å²) in [5.74, 6) is 0.215. The second kappa shape index (κ2) is 4.44. The summed E-state index contributed by atoms with van der Waals surface area (Å²) in [6.07, 6.45) is 0.0467. The molecular weight excluding hydrogens is 206 g/mol. The van der Waals surface area contributed by atoms with Crippen molar-refractivity contribution in [1.29, 1.82) is 0 Å². The molecule has 0 radical (unpaired) electrons. The van der Waals surface area contributed by atoms with Crippen LogP contribution in [0.4, 0.5) is 4.79 Å². The van der Waals surface area contributed by atoms with Crippen LogP contribution in [0.2, 0.25) is 0 Å². The Morgan fingerprint density at radius 1 is 1.12 bits per heavy atom. The lowest BCUT2D eigenvalue weighted by Crippen LogP contribution is -2.03. The lowest BCUT2D eigenvalue weighted by Gasteiger charge is -2.02. The molecule has 0 atom stereocenters. The third-order valence-corrected chi connectivity index (χ3v) is 2.01. The fraction of sp³-hybridized carbons (Fsp3) is 0. The van der Waals surface area contributed by atoms with Crippen LogP contribution < -0.4 is 4.74 Å². The van der Waals surface area contributed by atoms with Crippen molar-refractivity contribution in [2.24, 2.45) is 0 Å². The molecule has 1 aromatic heterocycles. The molecule has 0 aliphatic carbocycles. The van der Waals surface area contributed by atoms with E-state index in [1.807, 2.05) is 30.3 Å². The molecule has 4 heteroatoms. The van der Waals surface area contributed by atoms with Crippen LogP contribution in [-0.4, -0.2) is 16.2 Å². The Hall–Kier alpha value is -2.36. The van der Waals surface area contributed by atoms with Gasteiger partial charge in [-0.2, -0.15) is 0 Å². The van der Waals surface area contributed by atoms with Crippen molar-refractivity contribution in [2.45, 2.75) is 0 Å². The number of hydrogen-bond donors (Lipinski definition) is 1. The molecule has 0 fully saturated rings. The van der Waals surface area contributed by atoms with Gasteiger partial charge in [0.05, 0.1) is 11.9 Å².